The first-order valence-electron chi connectivity index (χ1n) is 7.33. The van der Waals surface area contributed by atoms with Crippen LogP contribution in [0, 0.1) is 6.92 Å². The summed E-state index contributed by atoms with van der Waals surface area (Å²) in [6, 6.07) is 6.79. The van der Waals surface area contributed by atoms with Gasteiger partial charge in [-0.3, -0.25) is 0 Å². The summed E-state index contributed by atoms with van der Waals surface area (Å²) in [6.45, 7) is 6.74. The maximum absolute atomic E-state index is 12.5. The van der Waals surface area contributed by atoms with Crippen LogP contribution in [-0.2, 0) is 14.8 Å². The molecule has 1 aliphatic heterocycles. The molecule has 122 valence electrons. The molecule has 0 saturated carbocycles. The van der Waals surface area contributed by atoms with Gasteiger partial charge >= 0.3 is 6.09 Å². The third-order valence-electron chi connectivity index (χ3n) is 3.49. The molecule has 0 unspecified atom stereocenters. The SMILES string of the molecule is Cc1ccc(S(=O)(=O)N2CCN(C(=O)OC(C)C)CC2)cc1. The highest BCUT2D eigenvalue weighted by Crippen LogP contribution is 2.18. The molecule has 2 rings (SSSR count). The van der Waals surface area contributed by atoms with Gasteiger partial charge in [-0.1, -0.05) is 17.7 Å². The second kappa shape index (κ2) is 6.66. The normalized spacial score (nSPS) is 16.8. The number of sulfonamides is 1. The van der Waals surface area contributed by atoms with Crippen LogP contribution >= 0.6 is 0 Å². The summed E-state index contributed by atoms with van der Waals surface area (Å²) in [5, 5.41) is 0. The van der Waals surface area contributed by atoms with E-state index in [2.05, 4.69) is 0 Å². The summed E-state index contributed by atoms with van der Waals surface area (Å²) in [5.41, 5.74) is 1.01. The van der Waals surface area contributed by atoms with Gasteiger partial charge in [0.25, 0.3) is 0 Å². The largest absolute Gasteiger partial charge is 0.447 e. The number of carbonyl (C=O) groups excluding carboxylic acids is 1. The van der Waals surface area contributed by atoms with Gasteiger partial charge in [-0.05, 0) is 32.9 Å². The predicted molar refractivity (Wildman–Crippen MR) is 83.1 cm³/mol. The number of amides is 1. The molecule has 0 aliphatic carbocycles. The highest BCUT2D eigenvalue weighted by molar-refractivity contribution is 7.89. The zero-order valence-corrected chi connectivity index (χ0v) is 14.0. The van der Waals surface area contributed by atoms with Crippen molar-refractivity contribution in [1.82, 2.24) is 9.21 Å². The molecule has 0 N–H and O–H groups in total. The van der Waals surface area contributed by atoms with Crippen LogP contribution in [0.4, 0.5) is 4.79 Å². The summed E-state index contributed by atoms with van der Waals surface area (Å²) in [7, 11) is -3.50. The van der Waals surface area contributed by atoms with E-state index in [4.69, 9.17) is 4.74 Å². The smallest absolute Gasteiger partial charge is 0.410 e. The molecule has 0 spiro atoms. The summed E-state index contributed by atoms with van der Waals surface area (Å²) in [5.74, 6) is 0. The van der Waals surface area contributed by atoms with Crippen LogP contribution in [-0.4, -0.2) is 56.0 Å². The van der Waals surface area contributed by atoms with Crippen LogP contribution in [0.3, 0.4) is 0 Å². The van der Waals surface area contributed by atoms with Crippen molar-refractivity contribution < 1.29 is 17.9 Å². The van der Waals surface area contributed by atoms with Crippen LogP contribution in [0.1, 0.15) is 19.4 Å². The maximum Gasteiger partial charge on any atom is 0.410 e. The van der Waals surface area contributed by atoms with Crippen molar-refractivity contribution in [1.29, 1.82) is 0 Å². The zero-order chi connectivity index (χ0) is 16.3. The maximum atomic E-state index is 12.5. The standard InChI is InChI=1S/C15H22N2O4S/c1-12(2)21-15(18)16-8-10-17(11-9-16)22(19,20)14-6-4-13(3)5-7-14/h4-7,12H,8-11H2,1-3H3. The quantitative estimate of drug-likeness (QED) is 0.850. The first kappa shape index (κ1) is 16.8. The number of hydrogen-bond acceptors (Lipinski definition) is 4. The summed E-state index contributed by atoms with van der Waals surface area (Å²) < 4.78 is 31.6. The molecule has 1 aromatic rings. The van der Waals surface area contributed by atoms with Gasteiger partial charge in [-0.25, -0.2) is 13.2 Å². The Balaban J connectivity index is 2.01. The van der Waals surface area contributed by atoms with E-state index in [1.807, 2.05) is 6.92 Å². The fraction of sp³-hybridized carbons (Fsp3) is 0.533. The minimum Gasteiger partial charge on any atom is -0.447 e. The monoisotopic (exact) mass is 326 g/mol. The van der Waals surface area contributed by atoms with E-state index in [-0.39, 0.29) is 30.2 Å². The minimum atomic E-state index is -3.50. The average molecular weight is 326 g/mol. The van der Waals surface area contributed by atoms with Gasteiger partial charge in [-0.2, -0.15) is 4.31 Å². The number of ether oxygens (including phenoxy) is 1. The zero-order valence-electron chi connectivity index (χ0n) is 13.2. The molecule has 1 saturated heterocycles. The Bertz CT molecular complexity index is 617. The number of aryl methyl sites for hydroxylation is 1. The van der Waals surface area contributed by atoms with Crippen LogP contribution in [0.15, 0.2) is 29.2 Å². The van der Waals surface area contributed by atoms with Gasteiger partial charge < -0.3 is 9.64 Å². The molecular formula is C15H22N2O4S. The number of nitrogens with zero attached hydrogens (tertiary/aromatic N) is 2. The molecule has 1 aromatic carbocycles. The van der Waals surface area contributed by atoms with Gasteiger partial charge in [0.15, 0.2) is 0 Å². The fourth-order valence-electron chi connectivity index (χ4n) is 2.25. The Hall–Kier alpha value is -1.60. The van der Waals surface area contributed by atoms with Gasteiger partial charge in [0.1, 0.15) is 0 Å². The average Bonchev–Trinajstić information content (AvgIpc) is 2.47. The molecule has 0 atom stereocenters. The van der Waals surface area contributed by atoms with Crippen LogP contribution in [0.2, 0.25) is 0 Å². The topological polar surface area (TPSA) is 66.9 Å². The summed E-state index contributed by atoms with van der Waals surface area (Å²) >= 11 is 0. The Morgan fingerprint density at radius 3 is 2.14 bits per heavy atom. The molecule has 0 aromatic heterocycles. The number of benzene rings is 1. The number of hydrogen-bond donors (Lipinski definition) is 0. The van der Waals surface area contributed by atoms with E-state index >= 15 is 0 Å². The molecule has 0 radical (unpaired) electrons. The highest BCUT2D eigenvalue weighted by atomic mass is 32.2. The van der Waals surface area contributed by atoms with Crippen molar-refractivity contribution in [2.45, 2.75) is 31.8 Å². The van der Waals surface area contributed by atoms with Gasteiger partial charge in [0.2, 0.25) is 10.0 Å². The second-order valence-corrected chi connectivity index (χ2v) is 7.57. The van der Waals surface area contributed by atoms with E-state index in [9.17, 15) is 13.2 Å². The van der Waals surface area contributed by atoms with E-state index in [0.29, 0.717) is 13.1 Å². The van der Waals surface area contributed by atoms with E-state index in [1.54, 1.807) is 43.0 Å². The van der Waals surface area contributed by atoms with Crippen molar-refractivity contribution in [3.8, 4) is 0 Å². The highest BCUT2D eigenvalue weighted by Gasteiger charge is 2.30. The predicted octanol–water partition coefficient (Wildman–Crippen LogP) is 1.85. The van der Waals surface area contributed by atoms with Crippen molar-refractivity contribution in [3.05, 3.63) is 29.8 Å². The molecular weight excluding hydrogens is 304 g/mol. The lowest BCUT2D eigenvalue weighted by Crippen LogP contribution is -2.50. The van der Waals surface area contributed by atoms with Crippen LogP contribution in [0.5, 0.6) is 0 Å². The van der Waals surface area contributed by atoms with Crippen LogP contribution < -0.4 is 0 Å². The molecule has 6 nitrogen and oxygen atoms in total. The number of piperazine rings is 1. The van der Waals surface area contributed by atoms with Crippen molar-refractivity contribution in [2.24, 2.45) is 0 Å². The van der Waals surface area contributed by atoms with Gasteiger partial charge in [0.05, 0.1) is 11.0 Å². The van der Waals surface area contributed by atoms with Crippen molar-refractivity contribution in [2.75, 3.05) is 26.2 Å². The summed E-state index contributed by atoms with van der Waals surface area (Å²) in [6.07, 6.45) is -0.566. The fourth-order valence-corrected chi connectivity index (χ4v) is 3.67. The van der Waals surface area contributed by atoms with Gasteiger partial charge in [0, 0.05) is 26.2 Å². The third kappa shape index (κ3) is 3.78. The number of rotatable bonds is 3. The van der Waals surface area contributed by atoms with E-state index < -0.39 is 10.0 Å². The minimum absolute atomic E-state index is 0.179. The number of carbonyl (C=O) groups is 1. The Morgan fingerprint density at radius 1 is 1.09 bits per heavy atom. The van der Waals surface area contributed by atoms with E-state index in [0.717, 1.165) is 5.56 Å². The molecule has 1 aliphatic rings. The lowest BCUT2D eigenvalue weighted by molar-refractivity contribution is 0.0667. The van der Waals surface area contributed by atoms with Crippen molar-refractivity contribution >= 4 is 16.1 Å². The Kier molecular flexibility index (Phi) is 5.08. The van der Waals surface area contributed by atoms with Crippen molar-refractivity contribution in [3.63, 3.8) is 0 Å². The molecule has 1 heterocycles. The first-order valence-corrected chi connectivity index (χ1v) is 8.77. The Morgan fingerprint density at radius 2 is 1.64 bits per heavy atom. The molecule has 1 amide bonds. The Labute approximate surface area is 131 Å². The van der Waals surface area contributed by atoms with Crippen LogP contribution in [0.25, 0.3) is 0 Å². The van der Waals surface area contributed by atoms with E-state index in [1.165, 1.54) is 4.31 Å². The molecule has 7 heteroatoms. The molecule has 22 heavy (non-hydrogen) atoms. The first-order chi connectivity index (χ1) is 10.3. The third-order valence-corrected chi connectivity index (χ3v) is 5.40. The summed E-state index contributed by atoms with van der Waals surface area (Å²) in [4.78, 5) is 13.6. The molecule has 1 fully saturated rings. The van der Waals surface area contributed by atoms with Gasteiger partial charge in [-0.15, -0.1) is 0 Å². The lowest BCUT2D eigenvalue weighted by Gasteiger charge is -2.33. The molecule has 0 bridgehead atoms. The second-order valence-electron chi connectivity index (χ2n) is 5.64. The lowest BCUT2D eigenvalue weighted by atomic mass is 10.2.